The lowest BCUT2D eigenvalue weighted by Gasteiger charge is -2.27. The van der Waals surface area contributed by atoms with Gasteiger partial charge in [0.05, 0.1) is 24.6 Å². The van der Waals surface area contributed by atoms with Gasteiger partial charge in [-0.15, -0.1) is 10.2 Å². The van der Waals surface area contributed by atoms with Gasteiger partial charge in [-0.25, -0.2) is 9.97 Å². The van der Waals surface area contributed by atoms with Crippen molar-refractivity contribution in [2.45, 2.75) is 10.9 Å². The third-order valence-electron chi connectivity index (χ3n) is 4.56. The molecule has 0 amide bonds. The first-order valence-corrected chi connectivity index (χ1v) is 10.1. The van der Waals surface area contributed by atoms with E-state index in [1.165, 1.54) is 0 Å². The smallest absolute Gasteiger partial charge is 0.233 e. The fourth-order valence-electron chi connectivity index (χ4n) is 3.21. The van der Waals surface area contributed by atoms with Gasteiger partial charge in [-0.1, -0.05) is 30.0 Å². The maximum Gasteiger partial charge on any atom is 0.233 e. The second kappa shape index (κ2) is 7.61. The van der Waals surface area contributed by atoms with Crippen molar-refractivity contribution in [2.24, 2.45) is 0 Å². The summed E-state index contributed by atoms with van der Waals surface area (Å²) in [6.07, 6.45) is 5.70. The Labute approximate surface area is 166 Å². The fourth-order valence-corrected chi connectivity index (χ4v) is 4.05. The van der Waals surface area contributed by atoms with Gasteiger partial charge >= 0.3 is 0 Å². The standard InChI is InChI=1S/C19H19N7OS/c1-2-5-16(6-3-1)26-18(24-9-11-27-12-10-24)22-23-19(26)28-14-15-13-25-8-4-7-20-17(25)21-15/h1-8,13H,9-12,14H2. The molecule has 1 aliphatic heterocycles. The van der Waals surface area contributed by atoms with Crippen LogP contribution in [0.4, 0.5) is 5.95 Å². The topological polar surface area (TPSA) is 73.4 Å². The molecule has 4 heterocycles. The molecule has 0 aliphatic carbocycles. The highest BCUT2D eigenvalue weighted by Crippen LogP contribution is 2.29. The summed E-state index contributed by atoms with van der Waals surface area (Å²) in [7, 11) is 0. The monoisotopic (exact) mass is 393 g/mol. The molecular weight excluding hydrogens is 374 g/mol. The molecule has 0 saturated carbocycles. The molecule has 0 N–H and O–H groups in total. The summed E-state index contributed by atoms with van der Waals surface area (Å²) < 4.78 is 9.53. The van der Waals surface area contributed by atoms with Gasteiger partial charge in [0.15, 0.2) is 5.16 Å². The zero-order chi connectivity index (χ0) is 18.8. The maximum atomic E-state index is 5.49. The minimum absolute atomic E-state index is 0.692. The highest BCUT2D eigenvalue weighted by molar-refractivity contribution is 7.98. The zero-order valence-corrected chi connectivity index (χ0v) is 16.0. The molecule has 5 rings (SSSR count). The Kier molecular flexibility index (Phi) is 4.67. The van der Waals surface area contributed by atoms with Crippen molar-refractivity contribution in [3.05, 3.63) is 60.7 Å². The Bertz CT molecular complexity index is 1040. The van der Waals surface area contributed by atoms with Gasteiger partial charge in [-0.3, -0.25) is 8.97 Å². The van der Waals surface area contributed by atoms with Crippen molar-refractivity contribution < 1.29 is 4.74 Å². The number of benzene rings is 1. The average Bonchev–Trinajstić information content (AvgIpc) is 3.37. The number of anilines is 1. The Morgan fingerprint density at radius 2 is 1.89 bits per heavy atom. The van der Waals surface area contributed by atoms with E-state index in [0.717, 1.165) is 35.6 Å². The summed E-state index contributed by atoms with van der Waals surface area (Å²) in [4.78, 5) is 11.1. The summed E-state index contributed by atoms with van der Waals surface area (Å²) in [5.74, 6) is 2.25. The van der Waals surface area contributed by atoms with E-state index in [4.69, 9.17) is 4.74 Å². The Hall–Kier alpha value is -2.91. The molecule has 4 aromatic rings. The summed E-state index contributed by atoms with van der Waals surface area (Å²) in [6.45, 7) is 3.04. The number of fused-ring (bicyclic) bond motifs is 1. The molecule has 8 nitrogen and oxygen atoms in total. The number of imidazole rings is 1. The van der Waals surface area contributed by atoms with Crippen LogP contribution in [0.1, 0.15) is 5.69 Å². The number of aromatic nitrogens is 6. The molecule has 0 bridgehead atoms. The molecule has 28 heavy (non-hydrogen) atoms. The second-order valence-electron chi connectivity index (χ2n) is 6.40. The predicted octanol–water partition coefficient (Wildman–Crippen LogP) is 2.44. The van der Waals surface area contributed by atoms with E-state index in [1.54, 1.807) is 18.0 Å². The highest BCUT2D eigenvalue weighted by Gasteiger charge is 2.22. The Morgan fingerprint density at radius 1 is 1.04 bits per heavy atom. The van der Waals surface area contributed by atoms with Crippen molar-refractivity contribution in [3.8, 4) is 5.69 Å². The van der Waals surface area contributed by atoms with Gasteiger partial charge in [0.2, 0.25) is 11.7 Å². The van der Waals surface area contributed by atoms with E-state index in [0.29, 0.717) is 24.7 Å². The van der Waals surface area contributed by atoms with E-state index in [1.807, 2.05) is 41.1 Å². The van der Waals surface area contributed by atoms with Gasteiger partial charge in [0.1, 0.15) is 0 Å². The summed E-state index contributed by atoms with van der Waals surface area (Å²) in [5, 5.41) is 9.82. The van der Waals surface area contributed by atoms with Crippen molar-refractivity contribution in [1.29, 1.82) is 0 Å². The predicted molar refractivity (Wildman–Crippen MR) is 107 cm³/mol. The Morgan fingerprint density at radius 3 is 2.71 bits per heavy atom. The van der Waals surface area contributed by atoms with E-state index in [-0.39, 0.29) is 0 Å². The number of hydrogen-bond acceptors (Lipinski definition) is 7. The molecular formula is C19H19N7OS. The number of ether oxygens (including phenoxy) is 1. The first kappa shape index (κ1) is 17.2. The van der Waals surface area contributed by atoms with Gasteiger partial charge < -0.3 is 9.64 Å². The lowest BCUT2D eigenvalue weighted by molar-refractivity contribution is 0.122. The van der Waals surface area contributed by atoms with Gasteiger partial charge in [-0.2, -0.15) is 0 Å². The molecule has 0 atom stereocenters. The van der Waals surface area contributed by atoms with E-state index >= 15 is 0 Å². The van der Waals surface area contributed by atoms with Crippen LogP contribution in [-0.2, 0) is 10.5 Å². The van der Waals surface area contributed by atoms with E-state index in [9.17, 15) is 0 Å². The third-order valence-corrected chi connectivity index (χ3v) is 5.52. The van der Waals surface area contributed by atoms with Crippen molar-refractivity contribution >= 4 is 23.5 Å². The van der Waals surface area contributed by atoms with E-state index in [2.05, 4.69) is 41.8 Å². The fraction of sp³-hybridized carbons (Fsp3) is 0.263. The minimum atomic E-state index is 0.692. The van der Waals surface area contributed by atoms with Crippen LogP contribution < -0.4 is 4.90 Å². The van der Waals surface area contributed by atoms with Crippen LogP contribution in [-0.4, -0.2) is 55.4 Å². The quantitative estimate of drug-likeness (QED) is 0.482. The number of nitrogens with zero attached hydrogens (tertiary/aromatic N) is 7. The summed E-state index contributed by atoms with van der Waals surface area (Å²) in [5.41, 5.74) is 2.01. The average molecular weight is 393 g/mol. The SMILES string of the molecule is c1ccc(-n2c(SCc3cn4cccnc4n3)nnc2N2CCOCC2)cc1. The lowest BCUT2D eigenvalue weighted by atomic mass is 10.3. The lowest BCUT2D eigenvalue weighted by Crippen LogP contribution is -2.37. The molecule has 9 heteroatoms. The first-order chi connectivity index (χ1) is 13.9. The summed E-state index contributed by atoms with van der Waals surface area (Å²) in [6, 6.07) is 12.1. The molecule has 0 unspecified atom stereocenters. The van der Waals surface area contributed by atoms with Gasteiger partial charge in [0.25, 0.3) is 0 Å². The van der Waals surface area contributed by atoms with E-state index < -0.39 is 0 Å². The zero-order valence-electron chi connectivity index (χ0n) is 15.2. The number of para-hydroxylation sites is 1. The number of hydrogen-bond donors (Lipinski definition) is 0. The number of morpholine rings is 1. The summed E-state index contributed by atoms with van der Waals surface area (Å²) >= 11 is 1.62. The maximum absolute atomic E-state index is 5.49. The van der Waals surface area contributed by atoms with Gasteiger partial charge in [-0.05, 0) is 18.2 Å². The highest BCUT2D eigenvalue weighted by atomic mass is 32.2. The van der Waals surface area contributed by atoms with Crippen LogP contribution in [0, 0.1) is 0 Å². The normalized spacial score (nSPS) is 14.6. The van der Waals surface area contributed by atoms with Crippen LogP contribution >= 0.6 is 11.8 Å². The molecule has 1 aromatic carbocycles. The molecule has 0 radical (unpaired) electrons. The van der Waals surface area contributed by atoms with Crippen LogP contribution in [0.3, 0.4) is 0 Å². The van der Waals surface area contributed by atoms with Crippen molar-refractivity contribution in [1.82, 2.24) is 29.1 Å². The van der Waals surface area contributed by atoms with Crippen LogP contribution in [0.5, 0.6) is 0 Å². The van der Waals surface area contributed by atoms with Crippen molar-refractivity contribution in [3.63, 3.8) is 0 Å². The minimum Gasteiger partial charge on any atom is -0.378 e. The molecule has 3 aromatic heterocycles. The van der Waals surface area contributed by atoms with Crippen LogP contribution in [0.15, 0.2) is 60.1 Å². The first-order valence-electron chi connectivity index (χ1n) is 9.13. The largest absolute Gasteiger partial charge is 0.378 e. The number of thioether (sulfide) groups is 1. The van der Waals surface area contributed by atoms with Gasteiger partial charge in [0, 0.05) is 37.4 Å². The third kappa shape index (κ3) is 3.34. The van der Waals surface area contributed by atoms with Crippen LogP contribution in [0.25, 0.3) is 11.5 Å². The van der Waals surface area contributed by atoms with Crippen molar-refractivity contribution in [2.75, 3.05) is 31.2 Å². The number of rotatable bonds is 5. The molecule has 0 spiro atoms. The molecule has 1 fully saturated rings. The van der Waals surface area contributed by atoms with Crippen LogP contribution in [0.2, 0.25) is 0 Å². The molecule has 1 aliphatic rings. The molecule has 142 valence electrons. The molecule has 1 saturated heterocycles. The second-order valence-corrected chi connectivity index (χ2v) is 7.34. The Balaban J connectivity index is 1.45.